The summed E-state index contributed by atoms with van der Waals surface area (Å²) in [5.41, 5.74) is 2.41. The first-order valence-corrected chi connectivity index (χ1v) is 10.6. The quantitative estimate of drug-likeness (QED) is 0.315. The molecular weight excluding hydrogens is 366 g/mol. The number of aromatic nitrogens is 1. The first kappa shape index (κ1) is 19.6. The van der Waals surface area contributed by atoms with Crippen LogP contribution in [0.25, 0.3) is 0 Å². The Hall–Kier alpha value is -2.70. The molecule has 154 valence electrons. The Balaban J connectivity index is 1.29. The number of fused-ring (bicyclic) bond motifs is 5. The molecule has 1 aliphatic heterocycles. The van der Waals surface area contributed by atoms with Crippen molar-refractivity contribution in [1.29, 1.82) is 0 Å². The molecule has 1 aromatic rings. The number of imide groups is 1. The summed E-state index contributed by atoms with van der Waals surface area (Å²) in [7, 11) is 0. The maximum absolute atomic E-state index is 12.7. The van der Waals surface area contributed by atoms with Crippen LogP contribution >= 0.6 is 0 Å². The van der Waals surface area contributed by atoms with E-state index in [9.17, 15) is 9.59 Å². The van der Waals surface area contributed by atoms with Gasteiger partial charge in [-0.2, -0.15) is 0 Å². The van der Waals surface area contributed by atoms with Gasteiger partial charge < -0.3 is 10.6 Å². The number of hydrogen-bond donors (Lipinski definition) is 2. The fraction of sp³-hybridized carbons (Fsp3) is 0.545. The summed E-state index contributed by atoms with van der Waals surface area (Å²) < 4.78 is 0. The van der Waals surface area contributed by atoms with Crippen molar-refractivity contribution in [2.24, 2.45) is 28.7 Å². The predicted molar refractivity (Wildman–Crippen MR) is 111 cm³/mol. The Labute approximate surface area is 171 Å². The summed E-state index contributed by atoms with van der Waals surface area (Å²) in [6.45, 7) is 6.36. The Morgan fingerprint density at radius 2 is 1.93 bits per heavy atom. The molecule has 1 saturated carbocycles. The van der Waals surface area contributed by atoms with E-state index in [4.69, 9.17) is 0 Å². The number of nitrogens with one attached hydrogen (secondary N) is 2. The van der Waals surface area contributed by atoms with E-state index in [1.165, 1.54) is 16.0 Å². The van der Waals surface area contributed by atoms with E-state index in [2.05, 4.69) is 39.7 Å². The predicted octanol–water partition coefficient (Wildman–Crippen LogP) is 1.29. The third-order valence-corrected chi connectivity index (χ3v) is 6.32. The molecular formula is C22H29N5O2. The summed E-state index contributed by atoms with van der Waals surface area (Å²) in [6, 6.07) is 2.02. The molecule has 0 spiro atoms. The van der Waals surface area contributed by atoms with E-state index in [0.717, 1.165) is 19.4 Å². The van der Waals surface area contributed by atoms with Gasteiger partial charge in [-0.25, -0.2) is 0 Å². The molecule has 0 aromatic carbocycles. The lowest BCUT2D eigenvalue weighted by atomic mass is 9.85. The smallest absolute Gasteiger partial charge is 0.233 e. The second-order valence-electron chi connectivity index (χ2n) is 8.07. The van der Waals surface area contributed by atoms with Crippen LogP contribution in [-0.4, -0.2) is 53.8 Å². The molecule has 1 aromatic heterocycles. The summed E-state index contributed by atoms with van der Waals surface area (Å²) in [5.74, 6) is 0.999. The Bertz CT molecular complexity index is 819. The van der Waals surface area contributed by atoms with Gasteiger partial charge in [-0.15, -0.1) is 0 Å². The number of amides is 2. The maximum atomic E-state index is 12.7. The van der Waals surface area contributed by atoms with Gasteiger partial charge >= 0.3 is 0 Å². The number of carbonyl (C=O) groups excluding carboxylic acids is 2. The summed E-state index contributed by atoms with van der Waals surface area (Å²) >= 11 is 0. The molecule has 29 heavy (non-hydrogen) atoms. The van der Waals surface area contributed by atoms with Crippen molar-refractivity contribution in [3.05, 3.63) is 41.7 Å². The second-order valence-corrected chi connectivity index (χ2v) is 8.07. The van der Waals surface area contributed by atoms with Crippen molar-refractivity contribution in [2.45, 2.75) is 26.7 Å². The number of hydrogen-bond acceptors (Lipinski definition) is 4. The van der Waals surface area contributed by atoms with Gasteiger partial charge in [-0.1, -0.05) is 12.2 Å². The molecule has 7 heteroatoms. The summed E-state index contributed by atoms with van der Waals surface area (Å²) in [5, 5.41) is 6.48. The Kier molecular flexibility index (Phi) is 5.65. The lowest BCUT2D eigenvalue weighted by molar-refractivity contribution is -0.140. The van der Waals surface area contributed by atoms with Gasteiger partial charge in [0.25, 0.3) is 0 Å². The normalized spacial score (nSPS) is 27.7. The van der Waals surface area contributed by atoms with Gasteiger partial charge in [-0.05, 0) is 55.7 Å². The average molecular weight is 396 g/mol. The van der Waals surface area contributed by atoms with Gasteiger partial charge in [-0.3, -0.25) is 24.5 Å². The van der Waals surface area contributed by atoms with Crippen LogP contribution in [0.2, 0.25) is 0 Å². The number of pyridine rings is 1. The highest BCUT2D eigenvalue weighted by atomic mass is 16.2. The topological polar surface area (TPSA) is 86.7 Å². The number of rotatable bonds is 7. The molecule has 4 rings (SSSR count). The van der Waals surface area contributed by atoms with Crippen molar-refractivity contribution in [3.63, 3.8) is 0 Å². The lowest BCUT2D eigenvalue weighted by Crippen LogP contribution is -2.43. The summed E-state index contributed by atoms with van der Waals surface area (Å²) in [6.07, 6.45) is 9.72. The molecule has 2 aliphatic carbocycles. The van der Waals surface area contributed by atoms with Gasteiger partial charge in [0.1, 0.15) is 0 Å². The van der Waals surface area contributed by atoms with Crippen LogP contribution in [0, 0.1) is 30.6 Å². The number of aryl methyl sites for hydroxylation is 1. The van der Waals surface area contributed by atoms with Crippen LogP contribution < -0.4 is 10.6 Å². The molecule has 2 amide bonds. The number of guanidine groups is 1. The minimum atomic E-state index is -0.122. The molecule has 0 radical (unpaired) electrons. The molecule has 4 unspecified atom stereocenters. The van der Waals surface area contributed by atoms with Crippen molar-refractivity contribution >= 4 is 17.8 Å². The van der Waals surface area contributed by atoms with E-state index in [1.54, 1.807) is 6.20 Å². The van der Waals surface area contributed by atoms with Crippen molar-refractivity contribution in [2.75, 3.05) is 26.2 Å². The molecule has 2 bridgehead atoms. The van der Waals surface area contributed by atoms with Crippen LogP contribution in [0.3, 0.4) is 0 Å². The van der Waals surface area contributed by atoms with Crippen molar-refractivity contribution in [3.8, 4) is 0 Å². The number of aliphatic imine (C=N–C) groups is 1. The standard InChI is InChI=1S/C22H29N5O2/c1-3-24-22(25-9-7-15-6-8-23-13-14(15)2)26-10-11-27-20(28)18-16-4-5-17(12-16)19(18)21(27)29/h4-6,8,13,16-19H,3,7,9-12H2,1-2H3,(H2,24,25,26). The van der Waals surface area contributed by atoms with E-state index < -0.39 is 0 Å². The highest BCUT2D eigenvalue weighted by Crippen LogP contribution is 2.52. The van der Waals surface area contributed by atoms with Crippen LogP contribution in [0.15, 0.2) is 35.6 Å². The zero-order valence-electron chi connectivity index (χ0n) is 17.1. The minimum Gasteiger partial charge on any atom is -0.357 e. The molecule has 2 heterocycles. The number of nitrogens with zero attached hydrogens (tertiary/aromatic N) is 3. The second kappa shape index (κ2) is 8.35. The SMILES string of the molecule is CCNC(=NCCc1ccncc1C)NCCN1C(=O)C2C3C=CC(C3)C2C1=O. The van der Waals surface area contributed by atoms with Crippen molar-refractivity contribution < 1.29 is 9.59 Å². The van der Waals surface area contributed by atoms with Gasteiger partial charge in [0.15, 0.2) is 5.96 Å². The minimum absolute atomic E-state index is 0.00810. The molecule has 3 aliphatic rings. The Morgan fingerprint density at radius 1 is 1.21 bits per heavy atom. The van der Waals surface area contributed by atoms with E-state index in [0.29, 0.717) is 25.6 Å². The highest BCUT2D eigenvalue weighted by Gasteiger charge is 2.58. The van der Waals surface area contributed by atoms with Gasteiger partial charge in [0.05, 0.1) is 11.8 Å². The molecule has 2 fully saturated rings. The fourth-order valence-electron chi connectivity index (χ4n) is 4.88. The molecule has 7 nitrogen and oxygen atoms in total. The van der Waals surface area contributed by atoms with Gasteiger partial charge in [0.2, 0.25) is 11.8 Å². The zero-order chi connectivity index (χ0) is 20.4. The highest BCUT2D eigenvalue weighted by molar-refractivity contribution is 6.06. The monoisotopic (exact) mass is 395 g/mol. The number of allylic oxidation sites excluding steroid dienone is 2. The Morgan fingerprint density at radius 3 is 2.59 bits per heavy atom. The molecule has 1 saturated heterocycles. The van der Waals surface area contributed by atoms with Crippen LogP contribution in [0.4, 0.5) is 0 Å². The van der Waals surface area contributed by atoms with Crippen LogP contribution in [0.1, 0.15) is 24.5 Å². The molecule has 4 atom stereocenters. The first-order chi connectivity index (χ1) is 14.1. The third-order valence-electron chi connectivity index (χ3n) is 6.32. The third kappa shape index (κ3) is 3.78. The average Bonchev–Trinajstić information content (AvgIpc) is 3.39. The number of carbonyl (C=O) groups is 2. The lowest BCUT2D eigenvalue weighted by Gasteiger charge is -2.18. The van der Waals surface area contributed by atoms with E-state index in [-0.39, 0.29) is 35.5 Å². The van der Waals surface area contributed by atoms with E-state index in [1.807, 2.05) is 19.2 Å². The first-order valence-electron chi connectivity index (χ1n) is 10.6. The molecule has 2 N–H and O–H groups in total. The zero-order valence-corrected chi connectivity index (χ0v) is 17.1. The summed E-state index contributed by atoms with van der Waals surface area (Å²) in [4.78, 5) is 35.7. The van der Waals surface area contributed by atoms with Crippen molar-refractivity contribution in [1.82, 2.24) is 20.5 Å². The maximum Gasteiger partial charge on any atom is 0.233 e. The largest absolute Gasteiger partial charge is 0.357 e. The van der Waals surface area contributed by atoms with Crippen LogP contribution in [0.5, 0.6) is 0 Å². The number of likely N-dealkylation sites (tertiary alicyclic amines) is 1. The van der Waals surface area contributed by atoms with E-state index >= 15 is 0 Å². The fourth-order valence-corrected chi connectivity index (χ4v) is 4.88. The van der Waals surface area contributed by atoms with Crippen LogP contribution in [-0.2, 0) is 16.0 Å². The van der Waals surface area contributed by atoms with Gasteiger partial charge in [0, 0.05) is 38.6 Å².